The summed E-state index contributed by atoms with van der Waals surface area (Å²) in [5.74, 6) is -0.373. The molecular weight excluding hydrogens is 398 g/mol. The van der Waals surface area contributed by atoms with Crippen LogP contribution in [0.25, 0.3) is 17.2 Å². The molecule has 0 aromatic heterocycles. The van der Waals surface area contributed by atoms with Crippen molar-refractivity contribution in [2.75, 3.05) is 10.6 Å². The first-order valence-corrected chi connectivity index (χ1v) is 9.97. The highest BCUT2D eigenvalue weighted by molar-refractivity contribution is 8.18. The van der Waals surface area contributed by atoms with E-state index in [0.717, 1.165) is 28.5 Å². The molecule has 0 unspecified atom stereocenters. The molecule has 7 heteroatoms. The molecule has 1 aliphatic heterocycles. The number of anilines is 2. The first-order chi connectivity index (χ1) is 14.6. The van der Waals surface area contributed by atoms with Crippen molar-refractivity contribution in [1.82, 2.24) is 5.32 Å². The van der Waals surface area contributed by atoms with Gasteiger partial charge in [0.2, 0.25) is 0 Å². The van der Waals surface area contributed by atoms with Crippen LogP contribution in [0.1, 0.15) is 5.56 Å². The quantitative estimate of drug-likeness (QED) is 0.503. The van der Waals surface area contributed by atoms with E-state index < -0.39 is 0 Å². The van der Waals surface area contributed by atoms with Crippen molar-refractivity contribution in [1.29, 1.82) is 0 Å². The second kappa shape index (κ2) is 8.67. The number of urea groups is 1. The van der Waals surface area contributed by atoms with Crippen LogP contribution < -0.4 is 16.0 Å². The minimum absolute atomic E-state index is 0.317. The standard InChI is InChI=1S/C23H17N3O3S/c27-21-20(30-23(29)26-21)13-15-9-11-16(12-10-15)17-5-4-8-19(14-17)25-22(28)24-18-6-2-1-3-7-18/h1-14H,(H2,24,25,28)(H,26,27,29). The fraction of sp³-hybridized carbons (Fsp3) is 0. The fourth-order valence-electron chi connectivity index (χ4n) is 2.94. The van der Waals surface area contributed by atoms with Crippen molar-refractivity contribution in [2.24, 2.45) is 0 Å². The van der Waals surface area contributed by atoms with Crippen LogP contribution in [-0.2, 0) is 4.79 Å². The largest absolute Gasteiger partial charge is 0.323 e. The van der Waals surface area contributed by atoms with Gasteiger partial charge >= 0.3 is 6.03 Å². The number of nitrogens with one attached hydrogen (secondary N) is 3. The number of rotatable bonds is 4. The number of thioether (sulfide) groups is 1. The predicted molar refractivity (Wildman–Crippen MR) is 120 cm³/mol. The van der Waals surface area contributed by atoms with Crippen LogP contribution in [0.5, 0.6) is 0 Å². The van der Waals surface area contributed by atoms with E-state index in [1.54, 1.807) is 6.08 Å². The molecule has 148 valence electrons. The van der Waals surface area contributed by atoms with Gasteiger partial charge < -0.3 is 10.6 Å². The Hall–Kier alpha value is -3.84. The highest BCUT2D eigenvalue weighted by Gasteiger charge is 2.24. The van der Waals surface area contributed by atoms with E-state index in [-0.39, 0.29) is 17.2 Å². The van der Waals surface area contributed by atoms with E-state index in [0.29, 0.717) is 16.3 Å². The third kappa shape index (κ3) is 4.76. The maximum absolute atomic E-state index is 12.2. The van der Waals surface area contributed by atoms with E-state index in [4.69, 9.17) is 0 Å². The molecule has 0 atom stereocenters. The van der Waals surface area contributed by atoms with Gasteiger partial charge in [0, 0.05) is 11.4 Å². The van der Waals surface area contributed by atoms with E-state index in [1.807, 2.05) is 78.9 Å². The fourth-order valence-corrected chi connectivity index (χ4v) is 3.62. The van der Waals surface area contributed by atoms with Gasteiger partial charge in [-0.2, -0.15) is 0 Å². The Morgan fingerprint density at radius 2 is 1.50 bits per heavy atom. The number of hydrogen-bond acceptors (Lipinski definition) is 4. The van der Waals surface area contributed by atoms with Crippen molar-refractivity contribution in [3.05, 3.63) is 89.3 Å². The molecule has 1 fully saturated rings. The molecule has 0 bridgehead atoms. The van der Waals surface area contributed by atoms with Gasteiger partial charge in [-0.05, 0) is 58.8 Å². The van der Waals surface area contributed by atoms with Crippen molar-refractivity contribution in [3.63, 3.8) is 0 Å². The normalized spacial score (nSPS) is 14.5. The number of benzene rings is 3. The number of para-hydroxylation sites is 1. The molecule has 3 aromatic rings. The van der Waals surface area contributed by atoms with Crippen LogP contribution in [0.4, 0.5) is 21.0 Å². The summed E-state index contributed by atoms with van der Waals surface area (Å²) in [5.41, 5.74) is 4.11. The van der Waals surface area contributed by atoms with E-state index in [9.17, 15) is 14.4 Å². The molecule has 0 radical (unpaired) electrons. The zero-order valence-corrected chi connectivity index (χ0v) is 16.5. The number of imide groups is 1. The molecule has 30 heavy (non-hydrogen) atoms. The second-order valence-corrected chi connectivity index (χ2v) is 7.51. The molecule has 1 aliphatic rings. The zero-order valence-electron chi connectivity index (χ0n) is 15.7. The summed E-state index contributed by atoms with van der Waals surface area (Å²) in [7, 11) is 0. The maximum atomic E-state index is 12.2. The summed E-state index contributed by atoms with van der Waals surface area (Å²) in [6, 6.07) is 24.0. The van der Waals surface area contributed by atoms with Crippen LogP contribution >= 0.6 is 11.8 Å². The Balaban J connectivity index is 1.46. The van der Waals surface area contributed by atoms with Crippen molar-refractivity contribution in [3.8, 4) is 11.1 Å². The highest BCUT2D eigenvalue weighted by atomic mass is 32.2. The smallest absolute Gasteiger partial charge is 0.308 e. The Morgan fingerprint density at radius 3 is 2.20 bits per heavy atom. The van der Waals surface area contributed by atoms with Gasteiger partial charge in [0.1, 0.15) is 0 Å². The van der Waals surface area contributed by atoms with E-state index >= 15 is 0 Å². The molecule has 0 aliphatic carbocycles. The molecule has 1 heterocycles. The SMILES string of the molecule is O=C(Nc1ccccc1)Nc1cccc(-c2ccc(C=C3SC(=O)NC3=O)cc2)c1. The zero-order chi connectivity index (χ0) is 20.9. The lowest BCUT2D eigenvalue weighted by Gasteiger charge is -2.09. The summed E-state index contributed by atoms with van der Waals surface area (Å²) in [6.45, 7) is 0. The molecule has 1 saturated heterocycles. The van der Waals surface area contributed by atoms with Gasteiger partial charge in [0.25, 0.3) is 11.1 Å². The topological polar surface area (TPSA) is 87.3 Å². The minimum Gasteiger partial charge on any atom is -0.308 e. The van der Waals surface area contributed by atoms with Crippen LogP contribution in [0.15, 0.2) is 83.8 Å². The van der Waals surface area contributed by atoms with E-state index in [2.05, 4.69) is 16.0 Å². The molecule has 0 spiro atoms. The number of carbonyl (C=O) groups excluding carboxylic acids is 3. The number of carbonyl (C=O) groups is 3. The lowest BCUT2D eigenvalue weighted by molar-refractivity contribution is -0.115. The molecule has 4 amide bonds. The van der Waals surface area contributed by atoms with Gasteiger partial charge in [0.05, 0.1) is 4.91 Å². The van der Waals surface area contributed by atoms with Crippen molar-refractivity contribution in [2.45, 2.75) is 0 Å². The predicted octanol–water partition coefficient (Wildman–Crippen LogP) is 5.32. The summed E-state index contributed by atoms with van der Waals surface area (Å²) in [5, 5.41) is 7.49. The summed E-state index contributed by atoms with van der Waals surface area (Å²) < 4.78 is 0. The molecule has 4 rings (SSSR count). The summed E-state index contributed by atoms with van der Waals surface area (Å²) >= 11 is 0.893. The third-order valence-corrected chi connectivity index (χ3v) is 5.15. The Kier molecular flexibility index (Phi) is 5.63. The van der Waals surface area contributed by atoms with Gasteiger partial charge in [-0.1, -0.05) is 54.6 Å². The minimum atomic E-state index is -0.373. The lowest BCUT2D eigenvalue weighted by atomic mass is 10.0. The van der Waals surface area contributed by atoms with Gasteiger partial charge in [-0.25, -0.2) is 4.79 Å². The highest BCUT2D eigenvalue weighted by Crippen LogP contribution is 2.27. The average molecular weight is 415 g/mol. The van der Waals surface area contributed by atoms with Gasteiger partial charge in [-0.3, -0.25) is 14.9 Å². The van der Waals surface area contributed by atoms with Crippen LogP contribution in [0.2, 0.25) is 0 Å². The molecule has 6 nitrogen and oxygen atoms in total. The lowest BCUT2D eigenvalue weighted by Crippen LogP contribution is -2.19. The van der Waals surface area contributed by atoms with Crippen molar-refractivity contribution >= 4 is 46.4 Å². The number of hydrogen-bond donors (Lipinski definition) is 3. The molecule has 0 saturated carbocycles. The first-order valence-electron chi connectivity index (χ1n) is 9.15. The summed E-state index contributed by atoms with van der Waals surface area (Å²) in [6.07, 6.45) is 1.68. The van der Waals surface area contributed by atoms with Gasteiger partial charge in [0.15, 0.2) is 0 Å². The Bertz CT molecular complexity index is 1140. The first kappa shape index (κ1) is 19.5. The average Bonchev–Trinajstić information content (AvgIpc) is 3.06. The Labute approximate surface area is 177 Å². The summed E-state index contributed by atoms with van der Waals surface area (Å²) in [4.78, 5) is 35.5. The second-order valence-electron chi connectivity index (χ2n) is 6.50. The maximum Gasteiger partial charge on any atom is 0.323 e. The van der Waals surface area contributed by atoms with Crippen LogP contribution in [-0.4, -0.2) is 17.2 Å². The molecular formula is C23H17N3O3S. The third-order valence-electron chi connectivity index (χ3n) is 4.34. The molecule has 3 aromatic carbocycles. The van der Waals surface area contributed by atoms with Crippen LogP contribution in [0.3, 0.4) is 0 Å². The monoisotopic (exact) mass is 415 g/mol. The van der Waals surface area contributed by atoms with E-state index in [1.165, 1.54) is 0 Å². The van der Waals surface area contributed by atoms with Crippen LogP contribution in [0, 0.1) is 0 Å². The molecule has 3 N–H and O–H groups in total. The van der Waals surface area contributed by atoms with Gasteiger partial charge in [-0.15, -0.1) is 0 Å². The van der Waals surface area contributed by atoms with Crippen molar-refractivity contribution < 1.29 is 14.4 Å². The number of amides is 4. The Morgan fingerprint density at radius 1 is 0.800 bits per heavy atom.